The standard InChI is InChI=1S/C13H18N4/c1-10-5-3-7-12-14-13(15-17(10)12)11-6-4-8-16(2)9-11/h3,5,7,11H,4,6,8-9H2,1-2H3. The van der Waals surface area contributed by atoms with Gasteiger partial charge in [-0.1, -0.05) is 6.07 Å². The minimum Gasteiger partial charge on any atom is -0.306 e. The van der Waals surface area contributed by atoms with Crippen molar-refractivity contribution < 1.29 is 0 Å². The van der Waals surface area contributed by atoms with Gasteiger partial charge in [-0.3, -0.25) is 0 Å². The second-order valence-corrected chi connectivity index (χ2v) is 5.01. The van der Waals surface area contributed by atoms with E-state index < -0.39 is 0 Å². The summed E-state index contributed by atoms with van der Waals surface area (Å²) < 4.78 is 1.95. The Kier molecular flexibility index (Phi) is 2.59. The normalized spacial score (nSPS) is 22.1. The molecule has 3 rings (SSSR count). The minimum absolute atomic E-state index is 0.494. The molecule has 4 nitrogen and oxygen atoms in total. The van der Waals surface area contributed by atoms with Crippen LogP contribution in [0.3, 0.4) is 0 Å². The first-order chi connectivity index (χ1) is 8.24. The Balaban J connectivity index is 1.97. The molecule has 0 amide bonds. The van der Waals surface area contributed by atoms with Crippen LogP contribution in [0.2, 0.25) is 0 Å². The Labute approximate surface area is 101 Å². The number of hydrogen-bond acceptors (Lipinski definition) is 3. The van der Waals surface area contributed by atoms with E-state index in [2.05, 4.69) is 35.0 Å². The van der Waals surface area contributed by atoms with Crippen molar-refractivity contribution in [3.63, 3.8) is 0 Å². The molecule has 1 fully saturated rings. The molecule has 0 spiro atoms. The van der Waals surface area contributed by atoms with Crippen molar-refractivity contribution in [2.45, 2.75) is 25.7 Å². The molecule has 17 heavy (non-hydrogen) atoms. The third kappa shape index (κ3) is 1.93. The summed E-state index contributed by atoms with van der Waals surface area (Å²) in [4.78, 5) is 7.02. The number of likely N-dealkylation sites (tertiary alicyclic amines) is 1. The fourth-order valence-corrected chi connectivity index (χ4v) is 2.60. The maximum Gasteiger partial charge on any atom is 0.156 e. The Morgan fingerprint density at radius 1 is 1.35 bits per heavy atom. The Morgan fingerprint density at radius 2 is 2.24 bits per heavy atom. The fraction of sp³-hybridized carbons (Fsp3) is 0.538. The van der Waals surface area contributed by atoms with E-state index in [0.717, 1.165) is 23.7 Å². The molecule has 0 N–H and O–H groups in total. The van der Waals surface area contributed by atoms with Crippen molar-refractivity contribution in [3.8, 4) is 0 Å². The first-order valence-corrected chi connectivity index (χ1v) is 6.25. The van der Waals surface area contributed by atoms with Crippen LogP contribution in [0.15, 0.2) is 18.2 Å². The van der Waals surface area contributed by atoms with E-state index in [0.29, 0.717) is 5.92 Å². The smallest absolute Gasteiger partial charge is 0.156 e. The van der Waals surface area contributed by atoms with Crippen molar-refractivity contribution >= 4 is 5.65 Å². The summed E-state index contributed by atoms with van der Waals surface area (Å²) in [6, 6.07) is 6.13. The van der Waals surface area contributed by atoms with Gasteiger partial charge in [0.1, 0.15) is 0 Å². The van der Waals surface area contributed by atoms with Crippen LogP contribution >= 0.6 is 0 Å². The molecular formula is C13H18N4. The van der Waals surface area contributed by atoms with E-state index in [4.69, 9.17) is 0 Å². The molecule has 0 aromatic carbocycles. The highest BCUT2D eigenvalue weighted by atomic mass is 15.3. The predicted octanol–water partition coefficient (Wildman–Crippen LogP) is 1.85. The summed E-state index contributed by atoms with van der Waals surface area (Å²) in [5.74, 6) is 1.50. The lowest BCUT2D eigenvalue weighted by molar-refractivity contribution is 0.246. The average molecular weight is 230 g/mol. The molecule has 1 saturated heterocycles. The molecule has 2 aromatic heterocycles. The zero-order chi connectivity index (χ0) is 11.8. The van der Waals surface area contributed by atoms with Crippen LogP contribution in [0.5, 0.6) is 0 Å². The molecule has 0 aliphatic carbocycles. The molecule has 4 heteroatoms. The highest BCUT2D eigenvalue weighted by Gasteiger charge is 2.22. The third-order valence-electron chi connectivity index (χ3n) is 3.56. The van der Waals surface area contributed by atoms with Crippen LogP contribution in [-0.2, 0) is 0 Å². The second kappa shape index (κ2) is 4.11. The molecule has 0 radical (unpaired) electrons. The van der Waals surface area contributed by atoms with Crippen molar-refractivity contribution in [1.82, 2.24) is 19.5 Å². The molecule has 0 bridgehead atoms. The largest absolute Gasteiger partial charge is 0.306 e. The minimum atomic E-state index is 0.494. The molecule has 3 heterocycles. The number of rotatable bonds is 1. The Morgan fingerprint density at radius 3 is 3.00 bits per heavy atom. The summed E-state index contributed by atoms with van der Waals surface area (Å²) >= 11 is 0. The summed E-state index contributed by atoms with van der Waals surface area (Å²) in [7, 11) is 2.17. The van der Waals surface area contributed by atoms with Gasteiger partial charge in [-0.05, 0) is 45.5 Å². The van der Waals surface area contributed by atoms with Gasteiger partial charge in [-0.15, -0.1) is 0 Å². The number of hydrogen-bond donors (Lipinski definition) is 0. The van der Waals surface area contributed by atoms with Crippen molar-refractivity contribution in [2.24, 2.45) is 0 Å². The quantitative estimate of drug-likeness (QED) is 0.749. The van der Waals surface area contributed by atoms with E-state index in [1.165, 1.54) is 19.4 Å². The van der Waals surface area contributed by atoms with Crippen LogP contribution in [0, 0.1) is 6.92 Å². The average Bonchev–Trinajstić information content (AvgIpc) is 2.74. The zero-order valence-electron chi connectivity index (χ0n) is 10.4. The van der Waals surface area contributed by atoms with Gasteiger partial charge in [0, 0.05) is 18.2 Å². The molecule has 0 saturated carbocycles. The van der Waals surface area contributed by atoms with E-state index in [9.17, 15) is 0 Å². The van der Waals surface area contributed by atoms with Crippen LogP contribution in [0.1, 0.15) is 30.3 Å². The Bertz CT molecular complexity index is 531. The molecule has 1 atom stereocenters. The van der Waals surface area contributed by atoms with Crippen molar-refractivity contribution in [2.75, 3.05) is 20.1 Å². The highest BCUT2D eigenvalue weighted by molar-refractivity contribution is 5.39. The topological polar surface area (TPSA) is 33.4 Å². The summed E-state index contributed by atoms with van der Waals surface area (Å²) in [6.07, 6.45) is 2.45. The zero-order valence-corrected chi connectivity index (χ0v) is 10.4. The molecule has 1 unspecified atom stereocenters. The van der Waals surface area contributed by atoms with Gasteiger partial charge < -0.3 is 4.90 Å². The second-order valence-electron chi connectivity index (χ2n) is 5.01. The van der Waals surface area contributed by atoms with Gasteiger partial charge >= 0.3 is 0 Å². The number of nitrogens with zero attached hydrogens (tertiary/aromatic N) is 4. The first kappa shape index (κ1) is 10.7. The van der Waals surface area contributed by atoms with E-state index in [-0.39, 0.29) is 0 Å². The number of fused-ring (bicyclic) bond motifs is 1. The molecule has 90 valence electrons. The maximum absolute atomic E-state index is 4.66. The van der Waals surface area contributed by atoms with Crippen LogP contribution < -0.4 is 0 Å². The Hall–Kier alpha value is -1.42. The van der Waals surface area contributed by atoms with Crippen molar-refractivity contribution in [1.29, 1.82) is 0 Å². The number of likely N-dealkylation sites (N-methyl/N-ethyl adjacent to an activating group) is 1. The summed E-state index contributed by atoms with van der Waals surface area (Å²) in [6.45, 7) is 4.34. The van der Waals surface area contributed by atoms with Crippen molar-refractivity contribution in [3.05, 3.63) is 29.7 Å². The van der Waals surface area contributed by atoms with Gasteiger partial charge in [0.05, 0.1) is 0 Å². The lowest BCUT2D eigenvalue weighted by Gasteiger charge is -2.27. The van der Waals surface area contributed by atoms with Gasteiger partial charge in [-0.25, -0.2) is 9.50 Å². The first-order valence-electron chi connectivity index (χ1n) is 6.25. The van der Waals surface area contributed by atoms with E-state index >= 15 is 0 Å². The monoisotopic (exact) mass is 230 g/mol. The lowest BCUT2D eigenvalue weighted by atomic mass is 9.98. The number of pyridine rings is 1. The molecular weight excluding hydrogens is 212 g/mol. The SMILES string of the molecule is Cc1cccc2nc(C3CCCN(C)C3)nn12. The highest BCUT2D eigenvalue weighted by Crippen LogP contribution is 2.24. The molecule has 2 aromatic rings. The van der Waals surface area contributed by atoms with Gasteiger partial charge in [-0.2, -0.15) is 5.10 Å². The maximum atomic E-state index is 4.66. The molecule has 1 aliphatic heterocycles. The van der Waals surface area contributed by atoms with Crippen LogP contribution in [0.4, 0.5) is 0 Å². The lowest BCUT2D eigenvalue weighted by Crippen LogP contribution is -2.31. The van der Waals surface area contributed by atoms with E-state index in [1.54, 1.807) is 0 Å². The van der Waals surface area contributed by atoms with Gasteiger partial charge in [0.15, 0.2) is 11.5 Å². The van der Waals surface area contributed by atoms with Crippen LogP contribution in [0.25, 0.3) is 5.65 Å². The third-order valence-corrected chi connectivity index (χ3v) is 3.56. The van der Waals surface area contributed by atoms with Gasteiger partial charge in [0.25, 0.3) is 0 Å². The molecule has 1 aliphatic rings. The summed E-state index contributed by atoms with van der Waals surface area (Å²) in [5, 5.41) is 4.65. The number of piperidine rings is 1. The number of aryl methyl sites for hydroxylation is 1. The fourth-order valence-electron chi connectivity index (χ4n) is 2.60. The number of aromatic nitrogens is 3. The summed E-state index contributed by atoms with van der Waals surface area (Å²) in [5.41, 5.74) is 2.11. The van der Waals surface area contributed by atoms with Crippen LogP contribution in [-0.4, -0.2) is 39.6 Å². The van der Waals surface area contributed by atoms with Gasteiger partial charge in [0.2, 0.25) is 0 Å². The predicted molar refractivity (Wildman–Crippen MR) is 67.2 cm³/mol. The van der Waals surface area contributed by atoms with E-state index in [1.807, 2.05) is 16.6 Å².